The molecular formula is C16H18N2O. The molecule has 0 aromatic heterocycles. The van der Waals surface area contributed by atoms with E-state index in [-0.39, 0.29) is 5.75 Å². The number of phenols is 1. The maximum absolute atomic E-state index is 9.32. The first-order valence-corrected chi connectivity index (χ1v) is 6.36. The zero-order valence-corrected chi connectivity index (χ0v) is 11.2. The van der Waals surface area contributed by atoms with E-state index in [1.54, 1.807) is 12.1 Å². The van der Waals surface area contributed by atoms with Crippen molar-refractivity contribution in [2.24, 2.45) is 5.10 Å². The quantitative estimate of drug-likeness (QED) is 0.668. The predicted molar refractivity (Wildman–Crippen MR) is 79.8 cm³/mol. The predicted octanol–water partition coefficient (Wildman–Crippen LogP) is 3.64. The third kappa shape index (κ3) is 3.35. The van der Waals surface area contributed by atoms with Crippen LogP contribution >= 0.6 is 0 Å². The van der Waals surface area contributed by atoms with Crippen molar-refractivity contribution in [1.29, 1.82) is 0 Å². The van der Waals surface area contributed by atoms with Crippen molar-refractivity contribution in [1.82, 2.24) is 0 Å². The average molecular weight is 254 g/mol. The highest BCUT2D eigenvalue weighted by Crippen LogP contribution is 2.15. The highest BCUT2D eigenvalue weighted by atomic mass is 16.3. The van der Waals surface area contributed by atoms with Crippen LogP contribution in [0.25, 0.3) is 0 Å². The van der Waals surface area contributed by atoms with Gasteiger partial charge in [0.25, 0.3) is 0 Å². The van der Waals surface area contributed by atoms with Gasteiger partial charge in [-0.05, 0) is 48.4 Å². The molecule has 0 saturated carbocycles. The lowest BCUT2D eigenvalue weighted by molar-refractivity contribution is 0.475. The third-order valence-electron chi connectivity index (χ3n) is 2.94. The first kappa shape index (κ1) is 13.1. The summed E-state index contributed by atoms with van der Waals surface area (Å²) in [7, 11) is 1.94. The fourth-order valence-corrected chi connectivity index (χ4v) is 1.87. The summed E-state index contributed by atoms with van der Waals surface area (Å²) in [6, 6.07) is 17.2. The SMILES string of the molecule is CCC(=NN(C)c1ccccc1)c1ccc(O)cc1. The highest BCUT2D eigenvalue weighted by Gasteiger charge is 2.04. The van der Waals surface area contributed by atoms with Crippen LogP contribution in [0.3, 0.4) is 0 Å². The third-order valence-corrected chi connectivity index (χ3v) is 2.94. The molecule has 3 nitrogen and oxygen atoms in total. The zero-order chi connectivity index (χ0) is 13.7. The molecule has 0 amide bonds. The standard InChI is InChI=1S/C16H18N2O/c1-3-16(13-9-11-15(19)12-10-13)17-18(2)14-7-5-4-6-8-14/h4-12,19H,3H2,1-2H3. The van der Waals surface area contributed by atoms with Crippen molar-refractivity contribution in [3.05, 3.63) is 60.2 Å². The summed E-state index contributed by atoms with van der Waals surface area (Å²) < 4.78 is 0. The lowest BCUT2D eigenvalue weighted by atomic mass is 10.1. The number of nitrogens with zero attached hydrogens (tertiary/aromatic N) is 2. The first-order valence-electron chi connectivity index (χ1n) is 6.36. The van der Waals surface area contributed by atoms with Gasteiger partial charge in [0.15, 0.2) is 0 Å². The molecule has 1 N–H and O–H groups in total. The molecule has 0 radical (unpaired) electrons. The second-order valence-corrected chi connectivity index (χ2v) is 4.31. The number of aromatic hydroxyl groups is 1. The summed E-state index contributed by atoms with van der Waals surface area (Å²) in [5, 5.41) is 15.8. The first-order chi connectivity index (χ1) is 9.20. The van der Waals surface area contributed by atoms with E-state index in [0.717, 1.165) is 23.4 Å². The van der Waals surface area contributed by atoms with Gasteiger partial charge in [-0.15, -0.1) is 0 Å². The molecule has 0 aliphatic rings. The van der Waals surface area contributed by atoms with Crippen LogP contribution < -0.4 is 5.01 Å². The number of para-hydroxylation sites is 1. The van der Waals surface area contributed by atoms with Crippen molar-refractivity contribution >= 4 is 11.4 Å². The number of benzene rings is 2. The molecule has 0 bridgehead atoms. The summed E-state index contributed by atoms with van der Waals surface area (Å²) in [6.07, 6.45) is 0.835. The van der Waals surface area contributed by atoms with Gasteiger partial charge in [-0.3, -0.25) is 5.01 Å². The molecule has 0 saturated heterocycles. The van der Waals surface area contributed by atoms with E-state index in [0.29, 0.717) is 0 Å². The second kappa shape index (κ2) is 6.05. The summed E-state index contributed by atoms with van der Waals surface area (Å²) in [5.41, 5.74) is 3.07. The molecule has 2 rings (SSSR count). The fraction of sp³-hybridized carbons (Fsp3) is 0.188. The zero-order valence-electron chi connectivity index (χ0n) is 11.2. The highest BCUT2D eigenvalue weighted by molar-refractivity contribution is 6.00. The molecule has 0 spiro atoms. The average Bonchev–Trinajstić information content (AvgIpc) is 2.46. The normalized spacial score (nSPS) is 11.4. The van der Waals surface area contributed by atoms with Crippen LogP contribution in [0.4, 0.5) is 5.69 Å². The number of hydrogen-bond acceptors (Lipinski definition) is 3. The number of anilines is 1. The van der Waals surface area contributed by atoms with Crippen molar-refractivity contribution in [2.75, 3.05) is 12.1 Å². The molecule has 0 aliphatic heterocycles. The largest absolute Gasteiger partial charge is 0.508 e. The Morgan fingerprint density at radius 2 is 1.68 bits per heavy atom. The van der Waals surface area contributed by atoms with Crippen molar-refractivity contribution in [2.45, 2.75) is 13.3 Å². The van der Waals surface area contributed by atoms with Gasteiger partial charge < -0.3 is 5.11 Å². The van der Waals surface area contributed by atoms with Crippen LogP contribution in [0.5, 0.6) is 5.75 Å². The van der Waals surface area contributed by atoms with Crippen molar-refractivity contribution < 1.29 is 5.11 Å². The Morgan fingerprint density at radius 3 is 2.26 bits per heavy atom. The van der Waals surface area contributed by atoms with Gasteiger partial charge in [0.2, 0.25) is 0 Å². The minimum Gasteiger partial charge on any atom is -0.508 e. The summed E-state index contributed by atoms with van der Waals surface area (Å²) in [4.78, 5) is 0. The van der Waals surface area contributed by atoms with Crippen LogP contribution in [0.2, 0.25) is 0 Å². The van der Waals surface area contributed by atoms with Gasteiger partial charge in [0, 0.05) is 7.05 Å². The lowest BCUT2D eigenvalue weighted by Gasteiger charge is -2.15. The lowest BCUT2D eigenvalue weighted by Crippen LogP contribution is -2.13. The Bertz CT molecular complexity index is 547. The molecular weight excluding hydrogens is 236 g/mol. The van der Waals surface area contributed by atoms with Gasteiger partial charge in [-0.25, -0.2) is 0 Å². The van der Waals surface area contributed by atoms with E-state index >= 15 is 0 Å². The Labute approximate surface area is 113 Å². The van der Waals surface area contributed by atoms with E-state index in [1.165, 1.54) is 0 Å². The van der Waals surface area contributed by atoms with Crippen molar-refractivity contribution in [3.8, 4) is 5.75 Å². The van der Waals surface area contributed by atoms with Crippen LogP contribution in [0, 0.1) is 0 Å². The molecule has 0 fully saturated rings. The fourth-order valence-electron chi connectivity index (χ4n) is 1.87. The summed E-state index contributed by atoms with van der Waals surface area (Å²) in [5.74, 6) is 0.274. The number of hydrogen-bond donors (Lipinski definition) is 1. The van der Waals surface area contributed by atoms with E-state index in [9.17, 15) is 5.11 Å². The molecule has 0 atom stereocenters. The molecule has 2 aromatic rings. The summed E-state index contributed by atoms with van der Waals surface area (Å²) in [6.45, 7) is 2.07. The van der Waals surface area contributed by atoms with E-state index in [2.05, 4.69) is 12.0 Å². The van der Waals surface area contributed by atoms with Gasteiger partial charge in [0.05, 0.1) is 11.4 Å². The molecule has 0 aliphatic carbocycles. The van der Waals surface area contributed by atoms with E-state index < -0.39 is 0 Å². The van der Waals surface area contributed by atoms with Gasteiger partial charge in [-0.1, -0.05) is 25.1 Å². The van der Waals surface area contributed by atoms with Gasteiger partial charge in [-0.2, -0.15) is 5.10 Å². The molecule has 3 heteroatoms. The molecule has 0 heterocycles. The van der Waals surface area contributed by atoms with Gasteiger partial charge >= 0.3 is 0 Å². The Balaban J connectivity index is 2.26. The molecule has 0 unspecified atom stereocenters. The monoisotopic (exact) mass is 254 g/mol. The Hall–Kier alpha value is -2.29. The minimum absolute atomic E-state index is 0.274. The number of rotatable bonds is 4. The van der Waals surface area contributed by atoms with Crippen LogP contribution in [0.15, 0.2) is 59.7 Å². The summed E-state index contributed by atoms with van der Waals surface area (Å²) >= 11 is 0. The Kier molecular flexibility index (Phi) is 4.18. The van der Waals surface area contributed by atoms with Crippen LogP contribution in [-0.4, -0.2) is 17.9 Å². The van der Waals surface area contributed by atoms with Crippen molar-refractivity contribution in [3.63, 3.8) is 0 Å². The number of phenolic OH excluding ortho intramolecular Hbond substituents is 1. The maximum Gasteiger partial charge on any atom is 0.115 e. The Morgan fingerprint density at radius 1 is 1.05 bits per heavy atom. The van der Waals surface area contributed by atoms with Crippen LogP contribution in [0.1, 0.15) is 18.9 Å². The smallest absolute Gasteiger partial charge is 0.115 e. The van der Waals surface area contributed by atoms with Gasteiger partial charge in [0.1, 0.15) is 5.75 Å². The van der Waals surface area contributed by atoms with E-state index in [1.807, 2.05) is 54.5 Å². The van der Waals surface area contributed by atoms with E-state index in [4.69, 9.17) is 0 Å². The molecule has 98 valence electrons. The van der Waals surface area contributed by atoms with Crippen LogP contribution in [-0.2, 0) is 0 Å². The minimum atomic E-state index is 0.274. The second-order valence-electron chi connectivity index (χ2n) is 4.31. The maximum atomic E-state index is 9.32. The topological polar surface area (TPSA) is 35.8 Å². The molecule has 2 aromatic carbocycles. The number of hydrazone groups is 1. The molecule has 19 heavy (non-hydrogen) atoms.